The summed E-state index contributed by atoms with van der Waals surface area (Å²) in [5.74, 6) is -2.61. The largest absolute Gasteiger partial charge is 0.478 e. The van der Waals surface area contributed by atoms with Gasteiger partial charge in [0, 0.05) is 12.5 Å². The van der Waals surface area contributed by atoms with Crippen LogP contribution < -0.4 is 5.32 Å². The van der Waals surface area contributed by atoms with E-state index in [9.17, 15) is 30.0 Å². The summed E-state index contributed by atoms with van der Waals surface area (Å²) in [5, 5.41) is 50.5. The third-order valence-electron chi connectivity index (χ3n) is 3.44. The fraction of sp³-hybridized carbons (Fsp3) is 0.571. The highest BCUT2D eigenvalue weighted by molar-refractivity contribution is 5.86. The zero-order valence-electron chi connectivity index (χ0n) is 12.5. The van der Waals surface area contributed by atoms with Crippen molar-refractivity contribution < 1.29 is 39.9 Å². The van der Waals surface area contributed by atoms with Crippen LogP contribution in [0, 0.1) is 0 Å². The number of ether oxygens (including phenoxy) is 1. The summed E-state index contributed by atoms with van der Waals surface area (Å²) in [6.07, 6.45) is -4.96. The Labute approximate surface area is 132 Å². The van der Waals surface area contributed by atoms with Crippen LogP contribution in [-0.2, 0) is 14.3 Å². The first-order valence-corrected chi connectivity index (χ1v) is 6.90. The average molecular weight is 331 g/mol. The molecule has 0 radical (unpaired) electrons. The molecule has 0 aromatic carbocycles. The molecule has 0 fully saturated rings. The Balaban J connectivity index is 3.29. The zero-order valence-corrected chi connectivity index (χ0v) is 12.5. The minimum Gasteiger partial charge on any atom is -0.478 e. The standard InChI is InChI=1S/C14H21NO8/c1-3-4-7-10(19)9(15-6(2)17)13(11(20)8(18)5-16)23-12(7)14(21)22/h3,8-11,13,16,18-20H,1,4-5H2,2H3,(H,15,17)(H,21,22)/t8?,9-,10+,11?,13-/m1/s1. The number of aliphatic carboxylic acids is 1. The Bertz CT molecular complexity index is 503. The lowest BCUT2D eigenvalue weighted by Gasteiger charge is -2.40. The summed E-state index contributed by atoms with van der Waals surface area (Å²) >= 11 is 0. The molecule has 1 heterocycles. The van der Waals surface area contributed by atoms with Crippen LogP contribution in [-0.4, -0.2) is 74.5 Å². The Kier molecular flexibility index (Phi) is 6.70. The fourth-order valence-electron chi connectivity index (χ4n) is 2.38. The number of rotatable bonds is 7. The quantitative estimate of drug-likeness (QED) is 0.289. The maximum Gasteiger partial charge on any atom is 0.371 e. The Morgan fingerprint density at radius 3 is 2.48 bits per heavy atom. The molecule has 1 aliphatic heterocycles. The third-order valence-corrected chi connectivity index (χ3v) is 3.44. The molecule has 2 unspecified atom stereocenters. The van der Waals surface area contributed by atoms with Crippen LogP contribution in [0.15, 0.2) is 24.0 Å². The van der Waals surface area contributed by atoms with Crippen molar-refractivity contribution in [1.82, 2.24) is 5.32 Å². The number of carbonyl (C=O) groups excluding carboxylic acids is 1. The van der Waals surface area contributed by atoms with Crippen molar-refractivity contribution in [1.29, 1.82) is 0 Å². The van der Waals surface area contributed by atoms with E-state index >= 15 is 0 Å². The van der Waals surface area contributed by atoms with Gasteiger partial charge in [-0.1, -0.05) is 6.08 Å². The van der Waals surface area contributed by atoms with E-state index in [2.05, 4.69) is 11.9 Å². The Morgan fingerprint density at radius 1 is 1.43 bits per heavy atom. The number of aliphatic hydroxyl groups is 4. The topological polar surface area (TPSA) is 157 Å². The van der Waals surface area contributed by atoms with Crippen molar-refractivity contribution in [3.8, 4) is 0 Å². The number of carbonyl (C=O) groups is 2. The predicted molar refractivity (Wildman–Crippen MR) is 77.1 cm³/mol. The van der Waals surface area contributed by atoms with E-state index in [4.69, 9.17) is 9.84 Å². The number of carboxylic acid groups (broad SMARTS) is 1. The molecule has 1 aliphatic rings. The molecule has 1 rings (SSSR count). The van der Waals surface area contributed by atoms with Crippen LogP contribution in [0.5, 0.6) is 0 Å². The highest BCUT2D eigenvalue weighted by atomic mass is 16.5. The van der Waals surface area contributed by atoms with Crippen molar-refractivity contribution in [2.45, 2.75) is 43.8 Å². The number of hydrogen-bond acceptors (Lipinski definition) is 7. The lowest BCUT2D eigenvalue weighted by Crippen LogP contribution is -2.61. The molecule has 6 N–H and O–H groups in total. The van der Waals surface area contributed by atoms with Crippen LogP contribution >= 0.6 is 0 Å². The molecule has 1 amide bonds. The van der Waals surface area contributed by atoms with Crippen molar-refractivity contribution in [3.63, 3.8) is 0 Å². The van der Waals surface area contributed by atoms with Gasteiger partial charge in [-0.2, -0.15) is 0 Å². The average Bonchev–Trinajstić information content (AvgIpc) is 2.49. The first kappa shape index (κ1) is 19.1. The molecule has 0 aromatic rings. The van der Waals surface area contributed by atoms with Gasteiger partial charge in [-0.3, -0.25) is 4.79 Å². The van der Waals surface area contributed by atoms with Gasteiger partial charge in [-0.25, -0.2) is 4.79 Å². The Hall–Kier alpha value is -1.94. The predicted octanol–water partition coefficient (Wildman–Crippen LogP) is -2.12. The van der Waals surface area contributed by atoms with E-state index in [1.165, 1.54) is 13.0 Å². The second kappa shape index (κ2) is 8.06. The summed E-state index contributed by atoms with van der Waals surface area (Å²) in [6, 6.07) is -1.21. The number of amides is 1. The van der Waals surface area contributed by atoms with Gasteiger partial charge in [-0.05, 0) is 6.42 Å². The van der Waals surface area contributed by atoms with Gasteiger partial charge in [0.15, 0.2) is 6.10 Å². The highest BCUT2D eigenvalue weighted by Crippen LogP contribution is 2.30. The first-order valence-electron chi connectivity index (χ1n) is 6.90. The summed E-state index contributed by atoms with van der Waals surface area (Å²) in [6.45, 7) is 3.82. The van der Waals surface area contributed by atoms with Gasteiger partial charge >= 0.3 is 5.97 Å². The van der Waals surface area contributed by atoms with Crippen LogP contribution in [0.2, 0.25) is 0 Å². The second-order valence-electron chi connectivity index (χ2n) is 5.15. The molecule has 23 heavy (non-hydrogen) atoms. The second-order valence-corrected chi connectivity index (χ2v) is 5.15. The normalized spacial score (nSPS) is 26.9. The molecular formula is C14H21NO8. The lowest BCUT2D eigenvalue weighted by atomic mass is 9.87. The van der Waals surface area contributed by atoms with Gasteiger partial charge in [0.2, 0.25) is 11.7 Å². The van der Waals surface area contributed by atoms with E-state index in [1.807, 2.05) is 0 Å². The van der Waals surface area contributed by atoms with E-state index < -0.39 is 54.7 Å². The molecular weight excluding hydrogens is 310 g/mol. The highest BCUT2D eigenvalue weighted by Gasteiger charge is 2.46. The molecule has 0 spiro atoms. The SMILES string of the molecule is C=CCC1=C(C(=O)O)O[C@@H](C(O)C(O)CO)[C@H](NC(C)=O)[C@H]1O. The number of allylic oxidation sites excluding steroid dienone is 1. The van der Waals surface area contributed by atoms with Crippen molar-refractivity contribution in [2.24, 2.45) is 0 Å². The first-order chi connectivity index (χ1) is 10.7. The van der Waals surface area contributed by atoms with Crippen molar-refractivity contribution in [3.05, 3.63) is 24.0 Å². The molecule has 9 heteroatoms. The molecule has 0 aliphatic carbocycles. The molecule has 0 bridgehead atoms. The van der Waals surface area contributed by atoms with E-state index in [1.54, 1.807) is 0 Å². The minimum atomic E-state index is -1.73. The summed E-state index contributed by atoms with van der Waals surface area (Å²) in [7, 11) is 0. The smallest absolute Gasteiger partial charge is 0.371 e. The fourth-order valence-corrected chi connectivity index (χ4v) is 2.38. The summed E-state index contributed by atoms with van der Waals surface area (Å²) in [4.78, 5) is 22.6. The van der Waals surface area contributed by atoms with Gasteiger partial charge in [-0.15, -0.1) is 6.58 Å². The third kappa shape index (κ3) is 4.29. The van der Waals surface area contributed by atoms with Gasteiger partial charge < -0.3 is 35.6 Å². The maximum absolute atomic E-state index is 11.3. The van der Waals surface area contributed by atoms with Crippen LogP contribution in [0.3, 0.4) is 0 Å². The van der Waals surface area contributed by atoms with Gasteiger partial charge in [0.1, 0.15) is 18.3 Å². The van der Waals surface area contributed by atoms with E-state index in [-0.39, 0.29) is 12.0 Å². The molecule has 9 nitrogen and oxygen atoms in total. The Morgan fingerprint density at radius 2 is 2.04 bits per heavy atom. The number of hydrogen-bond donors (Lipinski definition) is 6. The summed E-state index contributed by atoms with van der Waals surface area (Å²) in [5.41, 5.74) is -0.0202. The van der Waals surface area contributed by atoms with Gasteiger partial charge in [0.05, 0.1) is 12.6 Å². The number of nitrogens with one attached hydrogen (secondary N) is 1. The zero-order chi connectivity index (χ0) is 17.7. The molecule has 130 valence electrons. The number of aliphatic hydroxyl groups excluding tert-OH is 4. The van der Waals surface area contributed by atoms with Gasteiger partial charge in [0.25, 0.3) is 0 Å². The lowest BCUT2D eigenvalue weighted by molar-refractivity contribution is -0.150. The molecule has 0 saturated carbocycles. The van der Waals surface area contributed by atoms with E-state index in [0.717, 1.165) is 0 Å². The van der Waals surface area contributed by atoms with Crippen molar-refractivity contribution >= 4 is 11.9 Å². The van der Waals surface area contributed by atoms with E-state index in [0.29, 0.717) is 0 Å². The monoisotopic (exact) mass is 331 g/mol. The van der Waals surface area contributed by atoms with Crippen LogP contribution in [0.4, 0.5) is 0 Å². The van der Waals surface area contributed by atoms with Crippen molar-refractivity contribution in [2.75, 3.05) is 6.61 Å². The van der Waals surface area contributed by atoms with Crippen LogP contribution in [0.1, 0.15) is 13.3 Å². The molecule has 0 aromatic heterocycles. The number of carboxylic acids is 1. The molecule has 5 atom stereocenters. The molecule has 0 saturated heterocycles. The maximum atomic E-state index is 11.3. The van der Waals surface area contributed by atoms with Crippen LogP contribution in [0.25, 0.3) is 0 Å². The minimum absolute atomic E-state index is 0.00967. The summed E-state index contributed by atoms with van der Waals surface area (Å²) < 4.78 is 5.22.